The maximum absolute atomic E-state index is 11.7. The molecule has 4 N–H and O–H groups in total. The summed E-state index contributed by atoms with van der Waals surface area (Å²) in [5.74, 6) is 0.0484. The Labute approximate surface area is 123 Å². The zero-order chi connectivity index (χ0) is 16.3. The molecule has 0 aliphatic carbocycles. The van der Waals surface area contributed by atoms with Crippen molar-refractivity contribution in [3.63, 3.8) is 0 Å². The first kappa shape index (κ1) is 16.4. The van der Waals surface area contributed by atoms with Gasteiger partial charge in [0, 0.05) is 17.5 Å². The smallest absolute Gasteiger partial charge is 0.383 e. The van der Waals surface area contributed by atoms with Gasteiger partial charge in [0.15, 0.2) is 0 Å². The van der Waals surface area contributed by atoms with Gasteiger partial charge in [-0.05, 0) is 11.6 Å². The first-order valence-corrected chi connectivity index (χ1v) is 7.57. The lowest BCUT2D eigenvalue weighted by atomic mass is 10.1. The molecule has 0 radical (unpaired) electrons. The summed E-state index contributed by atoms with van der Waals surface area (Å²) in [4.78, 5) is 35.3. The third-order valence-electron chi connectivity index (χ3n) is 2.97. The van der Waals surface area contributed by atoms with E-state index in [0.717, 1.165) is 4.57 Å². The van der Waals surface area contributed by atoms with E-state index in [9.17, 15) is 9.36 Å². The molecule has 3 atom stereocenters. The van der Waals surface area contributed by atoms with Gasteiger partial charge in [0.2, 0.25) is 0 Å². The lowest BCUT2D eigenvalue weighted by molar-refractivity contribution is -0.0266. The van der Waals surface area contributed by atoms with Crippen LogP contribution >= 0.6 is 7.82 Å². The summed E-state index contributed by atoms with van der Waals surface area (Å²) in [6.45, 7) is -0.485. The average molecular weight is 332 g/mol. The highest BCUT2D eigenvalue weighted by molar-refractivity contribution is 7.46. The second kappa shape index (κ2) is 6.44. The third-order valence-corrected chi connectivity index (χ3v) is 3.46. The summed E-state index contributed by atoms with van der Waals surface area (Å²) in [6.07, 6.45) is -0.209. The quantitative estimate of drug-likeness (QED) is 0.288. The summed E-state index contributed by atoms with van der Waals surface area (Å²) in [6, 6.07) is 0.651. The van der Waals surface area contributed by atoms with Gasteiger partial charge in [-0.2, -0.15) is 4.98 Å². The molecule has 0 saturated carbocycles. The second-order valence-electron chi connectivity index (χ2n) is 4.47. The number of nitrogens with zero attached hydrogens (tertiary/aromatic N) is 5. The summed E-state index contributed by atoms with van der Waals surface area (Å²) in [5.41, 5.74) is 13.3. The number of phosphoric ester groups is 1. The Bertz CT molecular complexity index is 696. The molecule has 0 bridgehead atoms. The first-order chi connectivity index (χ1) is 10.3. The van der Waals surface area contributed by atoms with Gasteiger partial charge >= 0.3 is 13.5 Å². The number of hydrogen-bond acceptors (Lipinski definition) is 7. The highest BCUT2D eigenvalue weighted by Gasteiger charge is 2.37. The van der Waals surface area contributed by atoms with E-state index in [1.807, 2.05) is 0 Å². The fourth-order valence-corrected chi connectivity index (χ4v) is 2.38. The van der Waals surface area contributed by atoms with Gasteiger partial charge in [0.05, 0.1) is 18.8 Å². The fraction of sp³-hybridized carbons (Fsp3) is 0.556. The minimum absolute atomic E-state index is 0.0484. The van der Waals surface area contributed by atoms with Crippen molar-refractivity contribution < 1.29 is 23.6 Å². The van der Waals surface area contributed by atoms with Gasteiger partial charge in [-0.15, -0.1) is 0 Å². The molecular formula is C9H13N6O6P. The Morgan fingerprint density at radius 3 is 3.00 bits per heavy atom. The van der Waals surface area contributed by atoms with E-state index in [-0.39, 0.29) is 12.2 Å². The fourth-order valence-electron chi connectivity index (χ4n) is 2.04. The van der Waals surface area contributed by atoms with E-state index in [2.05, 4.69) is 19.5 Å². The molecule has 22 heavy (non-hydrogen) atoms. The van der Waals surface area contributed by atoms with Crippen molar-refractivity contribution in [3.05, 3.63) is 33.2 Å². The van der Waals surface area contributed by atoms with Crippen LogP contribution in [0.25, 0.3) is 10.4 Å². The van der Waals surface area contributed by atoms with Gasteiger partial charge in [0.1, 0.15) is 12.0 Å². The molecule has 120 valence electrons. The van der Waals surface area contributed by atoms with Crippen molar-refractivity contribution in [1.82, 2.24) is 9.55 Å². The molecule has 0 amide bonds. The van der Waals surface area contributed by atoms with Crippen LogP contribution in [-0.4, -0.2) is 38.1 Å². The van der Waals surface area contributed by atoms with E-state index in [4.69, 9.17) is 25.8 Å². The minimum atomic E-state index is -4.68. The molecule has 1 aromatic heterocycles. The molecule has 1 fully saturated rings. The van der Waals surface area contributed by atoms with Crippen molar-refractivity contribution in [1.29, 1.82) is 0 Å². The van der Waals surface area contributed by atoms with Crippen LogP contribution in [-0.2, 0) is 13.8 Å². The number of rotatable bonds is 5. The Balaban J connectivity index is 2.17. The van der Waals surface area contributed by atoms with E-state index in [1.165, 1.54) is 12.3 Å². The normalized spacial score (nSPS) is 24.9. The lowest BCUT2D eigenvalue weighted by Crippen LogP contribution is -2.28. The van der Waals surface area contributed by atoms with Crippen LogP contribution in [0.3, 0.4) is 0 Å². The number of aromatic nitrogens is 2. The zero-order valence-corrected chi connectivity index (χ0v) is 12.0. The number of azide groups is 1. The van der Waals surface area contributed by atoms with E-state index < -0.39 is 38.5 Å². The molecule has 0 spiro atoms. The molecule has 2 rings (SSSR count). The largest absolute Gasteiger partial charge is 0.469 e. The third kappa shape index (κ3) is 4.04. The zero-order valence-electron chi connectivity index (χ0n) is 11.1. The molecule has 1 saturated heterocycles. The monoisotopic (exact) mass is 332 g/mol. The van der Waals surface area contributed by atoms with Crippen molar-refractivity contribution >= 4 is 13.6 Å². The van der Waals surface area contributed by atoms with Crippen LogP contribution in [0.2, 0.25) is 0 Å². The van der Waals surface area contributed by atoms with Gasteiger partial charge in [-0.1, -0.05) is 5.11 Å². The van der Waals surface area contributed by atoms with Crippen LogP contribution in [0.15, 0.2) is 22.2 Å². The van der Waals surface area contributed by atoms with E-state index >= 15 is 0 Å². The maximum atomic E-state index is 11.7. The van der Waals surface area contributed by atoms with Crippen molar-refractivity contribution in [3.8, 4) is 0 Å². The Morgan fingerprint density at radius 2 is 2.41 bits per heavy atom. The van der Waals surface area contributed by atoms with Gasteiger partial charge < -0.3 is 20.3 Å². The van der Waals surface area contributed by atoms with Crippen LogP contribution in [0, 0.1) is 0 Å². The summed E-state index contributed by atoms with van der Waals surface area (Å²) in [7, 11) is -4.68. The number of ether oxygens (including phenoxy) is 1. The van der Waals surface area contributed by atoms with Crippen molar-refractivity contribution in [2.45, 2.75) is 24.8 Å². The number of phosphoric acid groups is 1. The highest BCUT2D eigenvalue weighted by Crippen LogP contribution is 2.38. The Morgan fingerprint density at radius 1 is 1.68 bits per heavy atom. The van der Waals surface area contributed by atoms with Gasteiger partial charge in [-0.25, -0.2) is 9.36 Å². The number of nitrogens with two attached hydrogens (primary N) is 1. The SMILES string of the molecule is [N-]=[N+]=N[C@H]1C[C@H](n2ccc(N)nc2=O)O[C@@H]1COP(=O)(O)O. The Hall–Kier alpha value is -1.94. The van der Waals surface area contributed by atoms with Crippen LogP contribution in [0.5, 0.6) is 0 Å². The predicted octanol–water partition coefficient (Wildman–Crippen LogP) is -0.0988. The standard InChI is InChI=1S/C9H13N6O6P/c10-7-1-2-15(9(16)12-7)8-3-5(13-14-11)6(21-8)4-20-22(17,18)19/h1-2,5-6,8H,3-4H2,(H2,10,12,16)(H2,17,18,19)/t5-,6+,8+/m0/s1. The average Bonchev–Trinajstić information content (AvgIpc) is 2.79. The summed E-state index contributed by atoms with van der Waals surface area (Å²) < 4.78 is 21.7. The van der Waals surface area contributed by atoms with Crippen LogP contribution in [0.4, 0.5) is 5.82 Å². The van der Waals surface area contributed by atoms with Crippen LogP contribution in [0.1, 0.15) is 12.6 Å². The molecule has 1 aromatic rings. The predicted molar refractivity (Wildman–Crippen MR) is 72.4 cm³/mol. The second-order valence-corrected chi connectivity index (χ2v) is 5.71. The first-order valence-electron chi connectivity index (χ1n) is 6.04. The van der Waals surface area contributed by atoms with E-state index in [1.54, 1.807) is 0 Å². The lowest BCUT2D eigenvalue weighted by Gasteiger charge is -2.16. The molecule has 1 aliphatic rings. The summed E-state index contributed by atoms with van der Waals surface area (Å²) >= 11 is 0. The van der Waals surface area contributed by atoms with Gasteiger partial charge in [-0.3, -0.25) is 9.09 Å². The Kier molecular flexibility index (Phi) is 4.81. The molecule has 0 aromatic carbocycles. The molecule has 1 aliphatic heterocycles. The number of anilines is 1. The van der Waals surface area contributed by atoms with Crippen molar-refractivity contribution in [2.24, 2.45) is 5.11 Å². The minimum Gasteiger partial charge on any atom is -0.383 e. The summed E-state index contributed by atoms with van der Waals surface area (Å²) in [5, 5.41) is 3.49. The molecule has 13 heteroatoms. The van der Waals surface area contributed by atoms with Crippen LogP contribution < -0.4 is 11.4 Å². The molecule has 12 nitrogen and oxygen atoms in total. The number of hydrogen-bond donors (Lipinski definition) is 3. The molecular weight excluding hydrogens is 319 g/mol. The maximum Gasteiger partial charge on any atom is 0.469 e. The molecule has 2 heterocycles. The van der Waals surface area contributed by atoms with Gasteiger partial charge in [0.25, 0.3) is 0 Å². The number of nitrogen functional groups attached to an aromatic ring is 1. The molecule has 0 unspecified atom stereocenters. The van der Waals surface area contributed by atoms with Crippen molar-refractivity contribution in [2.75, 3.05) is 12.3 Å². The topological polar surface area (TPSA) is 186 Å². The highest BCUT2D eigenvalue weighted by atomic mass is 31.2. The van der Waals surface area contributed by atoms with E-state index in [0.29, 0.717) is 0 Å².